The van der Waals surface area contributed by atoms with E-state index in [1.54, 1.807) is 0 Å². The molecule has 0 spiro atoms. The van der Waals surface area contributed by atoms with Crippen LogP contribution in [0.1, 0.15) is 0 Å². The van der Waals surface area contributed by atoms with E-state index in [1.807, 2.05) is 17.5 Å². The standard InChI is InChI=1S/C9H7N5OS/c10-8-12-9-11-5(6-2-1-3-16-6)4-7(15)14(9)13-8/h1-4H,(H3,10,11,12,13). The van der Waals surface area contributed by atoms with Crippen LogP contribution in [0.25, 0.3) is 16.3 Å². The van der Waals surface area contributed by atoms with Crippen molar-refractivity contribution in [2.45, 2.75) is 0 Å². The van der Waals surface area contributed by atoms with Crippen molar-refractivity contribution < 1.29 is 0 Å². The van der Waals surface area contributed by atoms with Crippen molar-refractivity contribution >= 4 is 23.1 Å². The molecular weight excluding hydrogens is 226 g/mol. The Balaban J connectivity index is 2.33. The van der Waals surface area contributed by atoms with Crippen molar-refractivity contribution in [3.63, 3.8) is 0 Å². The van der Waals surface area contributed by atoms with E-state index in [4.69, 9.17) is 5.73 Å². The molecule has 3 N–H and O–H groups in total. The van der Waals surface area contributed by atoms with Crippen LogP contribution in [0, 0.1) is 0 Å². The van der Waals surface area contributed by atoms with Crippen molar-refractivity contribution in [3.8, 4) is 10.6 Å². The summed E-state index contributed by atoms with van der Waals surface area (Å²) >= 11 is 1.52. The third kappa shape index (κ3) is 1.29. The van der Waals surface area contributed by atoms with Crippen LogP contribution in [0.15, 0.2) is 28.4 Å². The number of nitrogens with two attached hydrogens (primary N) is 1. The smallest absolute Gasteiger partial charge is 0.274 e. The fourth-order valence-electron chi connectivity index (χ4n) is 1.45. The van der Waals surface area contributed by atoms with Crippen LogP contribution in [0.4, 0.5) is 5.95 Å². The first kappa shape index (κ1) is 9.10. The van der Waals surface area contributed by atoms with Gasteiger partial charge in [0.05, 0.1) is 10.6 Å². The molecule has 0 bridgehead atoms. The molecule has 3 rings (SSSR count). The molecule has 0 unspecified atom stereocenters. The molecule has 0 aliphatic rings. The van der Waals surface area contributed by atoms with Gasteiger partial charge in [0.15, 0.2) is 0 Å². The van der Waals surface area contributed by atoms with Gasteiger partial charge in [-0.2, -0.15) is 9.50 Å². The highest BCUT2D eigenvalue weighted by molar-refractivity contribution is 7.13. The minimum Gasteiger partial charge on any atom is -0.368 e. The minimum atomic E-state index is -0.224. The van der Waals surface area contributed by atoms with Crippen molar-refractivity contribution in [3.05, 3.63) is 33.9 Å². The van der Waals surface area contributed by atoms with Gasteiger partial charge >= 0.3 is 0 Å². The van der Waals surface area contributed by atoms with Crippen molar-refractivity contribution in [1.82, 2.24) is 19.6 Å². The van der Waals surface area contributed by atoms with Crippen LogP contribution >= 0.6 is 11.3 Å². The van der Waals surface area contributed by atoms with Crippen molar-refractivity contribution in [2.24, 2.45) is 0 Å². The molecule has 6 nitrogen and oxygen atoms in total. The van der Waals surface area contributed by atoms with E-state index in [-0.39, 0.29) is 17.3 Å². The Labute approximate surface area is 93.4 Å². The maximum Gasteiger partial charge on any atom is 0.274 e. The Kier molecular flexibility index (Phi) is 1.80. The number of thiophene rings is 1. The summed E-state index contributed by atoms with van der Waals surface area (Å²) in [5, 5.41) is 4.54. The first-order valence-corrected chi connectivity index (χ1v) is 5.41. The maximum absolute atomic E-state index is 11.7. The summed E-state index contributed by atoms with van der Waals surface area (Å²) in [6, 6.07) is 5.26. The lowest BCUT2D eigenvalue weighted by atomic mass is 10.3. The van der Waals surface area contributed by atoms with Gasteiger partial charge in [-0.15, -0.1) is 11.3 Å². The Bertz CT molecular complexity index is 696. The lowest BCUT2D eigenvalue weighted by molar-refractivity contribution is 0.905. The molecule has 0 aliphatic heterocycles. The average Bonchev–Trinajstić information content (AvgIpc) is 2.84. The van der Waals surface area contributed by atoms with Crippen LogP contribution in [0.5, 0.6) is 0 Å². The number of H-pyrrole nitrogens is 1. The number of aromatic amines is 1. The summed E-state index contributed by atoms with van der Waals surface area (Å²) in [5.41, 5.74) is 5.86. The van der Waals surface area contributed by atoms with Crippen LogP contribution in [-0.2, 0) is 0 Å². The molecule has 0 amide bonds. The van der Waals surface area contributed by atoms with Crippen LogP contribution in [0.3, 0.4) is 0 Å². The van der Waals surface area contributed by atoms with Crippen LogP contribution in [-0.4, -0.2) is 19.6 Å². The molecule has 3 aromatic heterocycles. The monoisotopic (exact) mass is 233 g/mol. The molecule has 7 heteroatoms. The molecule has 16 heavy (non-hydrogen) atoms. The molecule has 0 fully saturated rings. The highest BCUT2D eigenvalue weighted by Gasteiger charge is 2.08. The summed E-state index contributed by atoms with van der Waals surface area (Å²) in [5.74, 6) is 0.460. The topological polar surface area (TPSA) is 89.1 Å². The van der Waals surface area contributed by atoms with Gasteiger partial charge in [0.1, 0.15) is 0 Å². The summed E-state index contributed by atoms with van der Waals surface area (Å²) in [6.45, 7) is 0. The fraction of sp³-hybridized carbons (Fsp3) is 0. The van der Waals surface area contributed by atoms with Gasteiger partial charge in [-0.25, -0.2) is 4.98 Å². The van der Waals surface area contributed by atoms with Crippen molar-refractivity contribution in [1.29, 1.82) is 0 Å². The van der Waals surface area contributed by atoms with Gasteiger partial charge in [-0.1, -0.05) is 6.07 Å². The fourth-order valence-corrected chi connectivity index (χ4v) is 2.13. The SMILES string of the molecule is Nc1nc2nc(-c3cccs3)cc(=O)n2[nH]1. The van der Waals surface area contributed by atoms with Gasteiger partial charge in [-0.3, -0.25) is 9.89 Å². The Hall–Kier alpha value is -2.15. The van der Waals surface area contributed by atoms with E-state index >= 15 is 0 Å². The number of anilines is 1. The normalized spacial score (nSPS) is 11.0. The average molecular weight is 233 g/mol. The van der Waals surface area contributed by atoms with Crippen LogP contribution < -0.4 is 11.3 Å². The molecule has 0 saturated heterocycles. The van der Waals surface area contributed by atoms with E-state index in [9.17, 15) is 4.79 Å². The predicted octanol–water partition coefficient (Wildman–Crippen LogP) is 0.728. The third-order valence-electron chi connectivity index (χ3n) is 2.12. The van der Waals surface area contributed by atoms with Gasteiger partial charge < -0.3 is 5.73 Å². The second-order valence-corrected chi connectivity index (χ2v) is 4.15. The number of nitrogens with one attached hydrogen (secondary N) is 1. The largest absolute Gasteiger partial charge is 0.368 e. The summed E-state index contributed by atoms with van der Waals surface area (Å²) in [7, 11) is 0. The lowest BCUT2D eigenvalue weighted by Crippen LogP contribution is -2.14. The minimum absolute atomic E-state index is 0.174. The van der Waals surface area contributed by atoms with Gasteiger partial charge in [0.2, 0.25) is 5.95 Å². The number of rotatable bonds is 1. The molecule has 0 aromatic carbocycles. The molecule has 0 atom stereocenters. The lowest BCUT2D eigenvalue weighted by Gasteiger charge is -1.95. The number of hydrogen-bond acceptors (Lipinski definition) is 5. The Morgan fingerprint density at radius 3 is 3.06 bits per heavy atom. The highest BCUT2D eigenvalue weighted by atomic mass is 32.1. The third-order valence-corrected chi connectivity index (χ3v) is 3.01. The molecule has 80 valence electrons. The van der Waals surface area contributed by atoms with E-state index in [0.717, 1.165) is 4.88 Å². The quantitative estimate of drug-likeness (QED) is 0.648. The van der Waals surface area contributed by atoms with Gasteiger partial charge in [0, 0.05) is 6.07 Å². The summed E-state index contributed by atoms with van der Waals surface area (Å²) < 4.78 is 1.21. The molecular formula is C9H7N5OS. The molecule has 3 aromatic rings. The molecule has 0 aliphatic carbocycles. The van der Waals surface area contributed by atoms with Crippen LogP contribution in [0.2, 0.25) is 0 Å². The van der Waals surface area contributed by atoms with E-state index in [1.165, 1.54) is 21.9 Å². The first-order valence-electron chi connectivity index (χ1n) is 4.53. The number of aromatic nitrogens is 4. The second-order valence-electron chi connectivity index (χ2n) is 3.20. The van der Waals surface area contributed by atoms with E-state index in [2.05, 4.69) is 15.1 Å². The van der Waals surface area contributed by atoms with E-state index in [0.29, 0.717) is 5.69 Å². The Morgan fingerprint density at radius 1 is 1.44 bits per heavy atom. The number of nitrogens with zero attached hydrogens (tertiary/aromatic N) is 3. The second kappa shape index (κ2) is 3.17. The molecule has 0 radical (unpaired) electrons. The predicted molar refractivity (Wildman–Crippen MR) is 61.3 cm³/mol. The zero-order valence-electron chi connectivity index (χ0n) is 8.04. The molecule has 3 heterocycles. The number of fused-ring (bicyclic) bond motifs is 1. The van der Waals surface area contributed by atoms with E-state index < -0.39 is 0 Å². The zero-order chi connectivity index (χ0) is 11.1. The molecule has 0 saturated carbocycles. The summed E-state index contributed by atoms with van der Waals surface area (Å²) in [4.78, 5) is 20.8. The zero-order valence-corrected chi connectivity index (χ0v) is 8.86. The van der Waals surface area contributed by atoms with Crippen molar-refractivity contribution in [2.75, 3.05) is 5.73 Å². The van der Waals surface area contributed by atoms with Gasteiger partial charge in [-0.05, 0) is 11.4 Å². The number of nitrogen functional groups attached to an aromatic ring is 1. The summed E-state index contributed by atoms with van der Waals surface area (Å²) in [6.07, 6.45) is 0. The maximum atomic E-state index is 11.7. The number of hydrogen-bond donors (Lipinski definition) is 2. The Morgan fingerprint density at radius 2 is 2.31 bits per heavy atom. The highest BCUT2D eigenvalue weighted by Crippen LogP contribution is 2.21. The first-order chi connectivity index (χ1) is 7.74. The van der Waals surface area contributed by atoms with Gasteiger partial charge in [0.25, 0.3) is 11.3 Å².